The summed E-state index contributed by atoms with van der Waals surface area (Å²) in [5.41, 5.74) is 1.12. The fourth-order valence-corrected chi connectivity index (χ4v) is 3.22. The average molecular weight is 473 g/mol. The van der Waals surface area contributed by atoms with Crippen molar-refractivity contribution >= 4 is 29.5 Å². The Balaban J connectivity index is 1.57. The van der Waals surface area contributed by atoms with E-state index in [0.29, 0.717) is 33.4 Å². The van der Waals surface area contributed by atoms with E-state index in [-0.39, 0.29) is 12.2 Å². The van der Waals surface area contributed by atoms with Gasteiger partial charge in [-0.25, -0.2) is 0 Å². The molecule has 2 amide bonds. The molecular formula is C27H21ClN2O4. The highest BCUT2D eigenvalue weighted by molar-refractivity contribution is 6.30. The largest absolute Gasteiger partial charge is 0.467 e. The van der Waals surface area contributed by atoms with Crippen LogP contribution in [-0.2, 0) is 11.3 Å². The van der Waals surface area contributed by atoms with E-state index < -0.39 is 11.8 Å². The van der Waals surface area contributed by atoms with Gasteiger partial charge in [-0.1, -0.05) is 41.9 Å². The Kier molecular flexibility index (Phi) is 7.42. The molecular weight excluding hydrogens is 452 g/mol. The molecule has 4 rings (SSSR count). The van der Waals surface area contributed by atoms with Crippen molar-refractivity contribution in [1.29, 1.82) is 0 Å². The van der Waals surface area contributed by atoms with Crippen LogP contribution in [0.2, 0.25) is 5.02 Å². The van der Waals surface area contributed by atoms with Gasteiger partial charge in [-0.2, -0.15) is 0 Å². The van der Waals surface area contributed by atoms with E-state index in [0.717, 1.165) is 0 Å². The van der Waals surface area contributed by atoms with E-state index in [1.807, 2.05) is 48.5 Å². The number of furan rings is 1. The summed E-state index contributed by atoms with van der Waals surface area (Å²) in [5, 5.41) is 5.97. The normalized spacial score (nSPS) is 11.0. The highest BCUT2D eigenvalue weighted by Gasteiger charge is 2.15. The van der Waals surface area contributed by atoms with E-state index in [4.69, 9.17) is 20.8 Å². The lowest BCUT2D eigenvalue weighted by molar-refractivity contribution is -0.118. The van der Waals surface area contributed by atoms with Crippen LogP contribution in [0, 0.1) is 0 Å². The van der Waals surface area contributed by atoms with Crippen molar-refractivity contribution in [2.24, 2.45) is 0 Å². The molecule has 0 spiro atoms. The number of nitrogens with one attached hydrogen (secondary N) is 2. The van der Waals surface area contributed by atoms with Crippen LogP contribution in [-0.4, -0.2) is 11.8 Å². The minimum atomic E-state index is -0.465. The van der Waals surface area contributed by atoms with Crippen LogP contribution in [0.1, 0.15) is 21.7 Å². The summed E-state index contributed by atoms with van der Waals surface area (Å²) < 4.78 is 11.1. The molecule has 0 saturated heterocycles. The minimum Gasteiger partial charge on any atom is -0.467 e. The Morgan fingerprint density at radius 2 is 1.65 bits per heavy atom. The zero-order valence-corrected chi connectivity index (χ0v) is 18.8. The van der Waals surface area contributed by atoms with E-state index in [1.54, 1.807) is 48.5 Å². The molecule has 7 heteroatoms. The molecule has 0 fully saturated rings. The first-order valence-electron chi connectivity index (χ1n) is 10.5. The number of amides is 2. The van der Waals surface area contributed by atoms with Crippen LogP contribution in [0.5, 0.6) is 11.5 Å². The zero-order valence-electron chi connectivity index (χ0n) is 18.0. The number of benzene rings is 3. The van der Waals surface area contributed by atoms with Crippen LogP contribution < -0.4 is 15.4 Å². The van der Waals surface area contributed by atoms with Gasteiger partial charge >= 0.3 is 0 Å². The molecule has 34 heavy (non-hydrogen) atoms. The molecule has 4 aromatic rings. The molecule has 0 unspecified atom stereocenters. The molecule has 2 N–H and O–H groups in total. The second-order valence-corrected chi connectivity index (χ2v) is 7.71. The highest BCUT2D eigenvalue weighted by Crippen LogP contribution is 2.23. The fraction of sp³-hybridized carbons (Fsp3) is 0.0370. The van der Waals surface area contributed by atoms with Crippen molar-refractivity contribution < 1.29 is 18.7 Å². The predicted molar refractivity (Wildman–Crippen MR) is 130 cm³/mol. The fourth-order valence-electron chi connectivity index (χ4n) is 3.09. The molecule has 1 heterocycles. The van der Waals surface area contributed by atoms with Crippen LogP contribution in [0.15, 0.2) is 107 Å². The number of halogens is 1. The molecule has 3 aromatic carbocycles. The Hall–Kier alpha value is -4.29. The first-order chi connectivity index (χ1) is 16.6. The second kappa shape index (κ2) is 11.0. The molecule has 0 aliphatic rings. The van der Waals surface area contributed by atoms with Gasteiger partial charge in [0.25, 0.3) is 11.8 Å². The Morgan fingerprint density at radius 1 is 0.882 bits per heavy atom. The van der Waals surface area contributed by atoms with Gasteiger partial charge in [-0.15, -0.1) is 0 Å². The van der Waals surface area contributed by atoms with E-state index in [9.17, 15) is 9.59 Å². The van der Waals surface area contributed by atoms with Gasteiger partial charge in [0.05, 0.1) is 12.8 Å². The summed E-state index contributed by atoms with van der Waals surface area (Å²) in [6.07, 6.45) is 3.11. The van der Waals surface area contributed by atoms with Crippen molar-refractivity contribution in [2.75, 3.05) is 0 Å². The Labute approximate surface area is 201 Å². The Bertz CT molecular complexity index is 1280. The maximum Gasteiger partial charge on any atom is 0.268 e. The van der Waals surface area contributed by atoms with Crippen LogP contribution >= 0.6 is 11.6 Å². The number of hydrogen-bond donors (Lipinski definition) is 2. The summed E-state index contributed by atoms with van der Waals surface area (Å²) in [5.74, 6) is 0.978. The third-order valence-electron chi connectivity index (χ3n) is 4.75. The Morgan fingerprint density at radius 3 is 2.38 bits per heavy atom. The molecule has 0 aliphatic heterocycles. The van der Waals surface area contributed by atoms with Crippen molar-refractivity contribution in [3.8, 4) is 11.5 Å². The van der Waals surface area contributed by atoms with Gasteiger partial charge in [0.2, 0.25) is 0 Å². The topological polar surface area (TPSA) is 80.6 Å². The summed E-state index contributed by atoms with van der Waals surface area (Å²) in [4.78, 5) is 25.7. The van der Waals surface area contributed by atoms with Gasteiger partial charge < -0.3 is 19.8 Å². The third kappa shape index (κ3) is 6.37. The van der Waals surface area contributed by atoms with Gasteiger partial charge in [0, 0.05) is 10.6 Å². The molecule has 1 aromatic heterocycles. The molecule has 0 aliphatic carbocycles. The molecule has 170 valence electrons. The van der Waals surface area contributed by atoms with Crippen molar-refractivity contribution in [2.45, 2.75) is 6.54 Å². The molecule has 6 nitrogen and oxygen atoms in total. The second-order valence-electron chi connectivity index (χ2n) is 7.27. The number of ether oxygens (including phenoxy) is 1. The summed E-state index contributed by atoms with van der Waals surface area (Å²) in [6.45, 7) is 0.178. The third-order valence-corrected chi connectivity index (χ3v) is 5.00. The smallest absolute Gasteiger partial charge is 0.268 e. The van der Waals surface area contributed by atoms with Crippen molar-refractivity contribution in [3.63, 3.8) is 0 Å². The first-order valence-corrected chi connectivity index (χ1v) is 10.9. The van der Waals surface area contributed by atoms with Gasteiger partial charge in [0.1, 0.15) is 23.0 Å². The molecule has 0 saturated carbocycles. The van der Waals surface area contributed by atoms with Crippen molar-refractivity contribution in [1.82, 2.24) is 10.6 Å². The van der Waals surface area contributed by atoms with Crippen molar-refractivity contribution in [3.05, 3.63) is 125 Å². The van der Waals surface area contributed by atoms with Crippen LogP contribution in [0.3, 0.4) is 0 Å². The minimum absolute atomic E-state index is 0.0726. The summed E-state index contributed by atoms with van der Waals surface area (Å²) in [7, 11) is 0. The average Bonchev–Trinajstić information content (AvgIpc) is 3.37. The SMILES string of the molecule is O=C(NCc1ccco1)/C(=C\c1cccc(Oc2ccccc2)c1)NC(=O)c1ccc(Cl)cc1. The highest BCUT2D eigenvalue weighted by atomic mass is 35.5. The first kappa shape index (κ1) is 22.9. The maximum absolute atomic E-state index is 13.0. The lowest BCUT2D eigenvalue weighted by Crippen LogP contribution is -2.34. The number of carbonyl (C=O) groups excluding carboxylic acids is 2. The van der Waals surface area contributed by atoms with Gasteiger partial charge in [0.15, 0.2) is 0 Å². The van der Waals surface area contributed by atoms with E-state index in [2.05, 4.69) is 10.6 Å². The van der Waals surface area contributed by atoms with Crippen LogP contribution in [0.25, 0.3) is 6.08 Å². The quantitative estimate of drug-likeness (QED) is 0.317. The summed E-state index contributed by atoms with van der Waals surface area (Å²) >= 11 is 5.91. The molecule has 0 radical (unpaired) electrons. The lowest BCUT2D eigenvalue weighted by Gasteiger charge is -2.11. The number of rotatable bonds is 8. The van der Waals surface area contributed by atoms with E-state index >= 15 is 0 Å². The molecule has 0 bridgehead atoms. The van der Waals surface area contributed by atoms with E-state index in [1.165, 1.54) is 6.26 Å². The monoisotopic (exact) mass is 472 g/mol. The zero-order chi connectivity index (χ0) is 23.8. The predicted octanol–water partition coefficient (Wildman–Crippen LogP) is 5.81. The summed E-state index contributed by atoms with van der Waals surface area (Å²) in [6, 6.07) is 26.5. The maximum atomic E-state index is 13.0. The molecule has 0 atom stereocenters. The number of hydrogen-bond acceptors (Lipinski definition) is 4. The van der Waals surface area contributed by atoms with Crippen LogP contribution in [0.4, 0.5) is 0 Å². The lowest BCUT2D eigenvalue weighted by atomic mass is 10.1. The number of carbonyl (C=O) groups is 2. The van der Waals surface area contributed by atoms with Gasteiger partial charge in [-0.3, -0.25) is 9.59 Å². The van der Waals surface area contributed by atoms with Gasteiger partial charge in [-0.05, 0) is 72.3 Å². The number of para-hydroxylation sites is 1. The standard InChI is InChI=1S/C27H21ClN2O4/c28-21-13-11-20(12-14-21)26(31)30-25(27(32)29-18-24-10-5-15-33-24)17-19-6-4-9-23(16-19)34-22-7-2-1-3-8-22/h1-17H,18H2,(H,29,32)(H,30,31)/b25-17+.